The molecule has 1 fully saturated rings. The summed E-state index contributed by atoms with van der Waals surface area (Å²) < 4.78 is 7.22. The molecule has 0 aromatic heterocycles. The number of amides is 1. The van der Waals surface area contributed by atoms with Gasteiger partial charge in [0, 0.05) is 5.75 Å². The van der Waals surface area contributed by atoms with Gasteiger partial charge in [0.1, 0.15) is 4.32 Å². The van der Waals surface area contributed by atoms with Crippen LogP contribution in [-0.2, 0) is 15.6 Å². The lowest BCUT2D eigenvalue weighted by Crippen LogP contribution is -2.45. The van der Waals surface area contributed by atoms with Crippen molar-refractivity contribution in [3.63, 3.8) is 0 Å². The van der Waals surface area contributed by atoms with E-state index < -0.39 is 8.32 Å². The summed E-state index contributed by atoms with van der Waals surface area (Å²) in [6.07, 6.45) is 0.548. The number of hydrogen-bond donors (Lipinski definition) is 0. The van der Waals surface area contributed by atoms with Gasteiger partial charge in [0.15, 0.2) is 8.32 Å². The fraction of sp³-hybridized carbons (Fsp3) is 0.417. The number of carbonyl (C=O) groups is 1. The van der Waals surface area contributed by atoms with Crippen LogP contribution in [0.25, 0.3) is 0 Å². The highest BCUT2D eigenvalue weighted by atomic mass is 32.2. The van der Waals surface area contributed by atoms with E-state index >= 15 is 0 Å². The van der Waals surface area contributed by atoms with Gasteiger partial charge in [0.05, 0.1) is 18.1 Å². The first-order valence-corrected chi connectivity index (χ1v) is 15.2. The second kappa shape index (κ2) is 9.77. The van der Waals surface area contributed by atoms with Gasteiger partial charge < -0.3 is 4.43 Å². The lowest BCUT2D eigenvalue weighted by Gasteiger charge is -2.34. The van der Waals surface area contributed by atoms with E-state index in [1.807, 2.05) is 30.0 Å². The number of rotatable bonds is 7. The highest BCUT2D eigenvalue weighted by Crippen LogP contribution is 2.35. The summed E-state index contributed by atoms with van der Waals surface area (Å²) in [4.78, 5) is 15.5. The lowest BCUT2D eigenvalue weighted by molar-refractivity contribution is -0.135. The summed E-state index contributed by atoms with van der Waals surface area (Å²) in [5.41, 5.74) is 3.48. The van der Waals surface area contributed by atoms with Crippen LogP contribution in [0.3, 0.4) is 0 Å². The Labute approximate surface area is 191 Å². The Hall–Kier alpha value is -1.47. The molecular weight excluding hydrogens is 426 g/mol. The van der Waals surface area contributed by atoms with Crippen LogP contribution in [0.5, 0.6) is 0 Å². The van der Waals surface area contributed by atoms with Crippen LogP contribution in [0, 0.1) is 12.8 Å². The van der Waals surface area contributed by atoms with E-state index in [9.17, 15) is 4.79 Å². The number of aryl methyl sites for hydroxylation is 1. The Morgan fingerprint density at radius 2 is 1.80 bits per heavy atom. The molecule has 3 rings (SSSR count). The molecule has 1 heterocycles. The number of hydrogen-bond acceptors (Lipinski definition) is 4. The second-order valence-corrected chi connectivity index (χ2v) is 15.1. The smallest absolute Gasteiger partial charge is 0.234 e. The fourth-order valence-corrected chi connectivity index (χ4v) is 6.24. The maximum atomic E-state index is 13.7. The van der Waals surface area contributed by atoms with Gasteiger partial charge in [-0.15, -0.1) is 0 Å². The molecule has 1 amide bonds. The Morgan fingerprint density at radius 1 is 1.17 bits per heavy atom. The van der Waals surface area contributed by atoms with Gasteiger partial charge in [0.2, 0.25) is 5.91 Å². The van der Waals surface area contributed by atoms with Crippen molar-refractivity contribution < 1.29 is 9.22 Å². The molecule has 2 aromatic rings. The average molecular weight is 458 g/mol. The van der Waals surface area contributed by atoms with Crippen molar-refractivity contribution in [1.82, 2.24) is 4.90 Å². The first kappa shape index (κ1) is 23.2. The van der Waals surface area contributed by atoms with Crippen LogP contribution in [-0.4, -0.2) is 35.2 Å². The summed E-state index contributed by atoms with van der Waals surface area (Å²) in [5.74, 6) is 0.597. The molecule has 30 heavy (non-hydrogen) atoms. The normalized spacial score (nSPS) is 19.0. The Kier molecular flexibility index (Phi) is 7.55. The zero-order valence-corrected chi connectivity index (χ0v) is 21.1. The molecule has 6 heteroatoms. The first-order chi connectivity index (χ1) is 14.2. The van der Waals surface area contributed by atoms with Crippen molar-refractivity contribution in [3.05, 3.63) is 71.3 Å². The molecule has 3 nitrogen and oxygen atoms in total. The molecule has 1 saturated heterocycles. The van der Waals surface area contributed by atoms with Gasteiger partial charge in [-0.1, -0.05) is 91.1 Å². The number of thiocarbonyl (C=S) groups is 1. The maximum absolute atomic E-state index is 13.7. The van der Waals surface area contributed by atoms with Crippen molar-refractivity contribution in [2.24, 2.45) is 5.92 Å². The van der Waals surface area contributed by atoms with E-state index in [1.54, 1.807) is 11.8 Å². The molecular formula is C24H31NO2S2Si. The second-order valence-electron chi connectivity index (χ2n) is 8.98. The van der Waals surface area contributed by atoms with Crippen LogP contribution in [0.2, 0.25) is 19.6 Å². The molecule has 0 saturated carbocycles. The molecule has 1 aliphatic heterocycles. The number of carbonyl (C=O) groups excluding carboxylic acids is 1. The van der Waals surface area contributed by atoms with Gasteiger partial charge in [0.25, 0.3) is 0 Å². The van der Waals surface area contributed by atoms with E-state index in [0.717, 1.165) is 17.7 Å². The molecule has 0 N–H and O–H groups in total. The standard InChI is InChI=1S/C24H31NO2S2Si/c1-17-11-13-20(14-12-17)22(27-30(3,4)5)18(2)23(26)25-21(16-29-24(25)28)15-19-9-7-6-8-10-19/h6-14,18,21-22H,15-16H2,1-5H3/t18-,21-,22+/m0/s1. The van der Waals surface area contributed by atoms with Gasteiger partial charge in [-0.05, 0) is 44.1 Å². The molecule has 0 bridgehead atoms. The third-order valence-corrected chi connectivity index (χ3v) is 7.75. The predicted molar refractivity (Wildman–Crippen MR) is 133 cm³/mol. The maximum Gasteiger partial charge on any atom is 0.234 e. The zero-order chi connectivity index (χ0) is 21.9. The Morgan fingerprint density at radius 3 is 2.40 bits per heavy atom. The van der Waals surface area contributed by atoms with Gasteiger partial charge in [-0.3, -0.25) is 9.69 Å². The minimum Gasteiger partial charge on any atom is -0.410 e. The minimum atomic E-state index is -1.87. The van der Waals surface area contributed by atoms with Gasteiger partial charge in [-0.25, -0.2) is 0 Å². The number of nitrogens with zero attached hydrogens (tertiary/aromatic N) is 1. The van der Waals surface area contributed by atoms with Crippen LogP contribution < -0.4 is 0 Å². The van der Waals surface area contributed by atoms with Crippen LogP contribution >= 0.6 is 24.0 Å². The first-order valence-electron chi connectivity index (χ1n) is 10.4. The Balaban J connectivity index is 1.85. The highest BCUT2D eigenvalue weighted by Gasteiger charge is 2.40. The summed E-state index contributed by atoms with van der Waals surface area (Å²) >= 11 is 7.20. The lowest BCUT2D eigenvalue weighted by atomic mass is 9.94. The third kappa shape index (κ3) is 5.81. The van der Waals surface area contributed by atoms with Crippen LogP contribution in [0.15, 0.2) is 54.6 Å². The van der Waals surface area contributed by atoms with Crippen molar-refractivity contribution >= 4 is 42.5 Å². The molecule has 0 spiro atoms. The summed E-state index contributed by atoms with van der Waals surface area (Å²) in [6.45, 7) is 10.6. The van der Waals surface area contributed by atoms with E-state index in [2.05, 4.69) is 63.0 Å². The topological polar surface area (TPSA) is 29.5 Å². The minimum absolute atomic E-state index is 0.0646. The van der Waals surface area contributed by atoms with Crippen LogP contribution in [0.1, 0.15) is 29.7 Å². The van der Waals surface area contributed by atoms with Gasteiger partial charge in [-0.2, -0.15) is 0 Å². The van der Waals surface area contributed by atoms with Crippen LogP contribution in [0.4, 0.5) is 0 Å². The van der Waals surface area contributed by atoms with E-state index in [-0.39, 0.29) is 24.0 Å². The quantitative estimate of drug-likeness (QED) is 0.377. The molecule has 3 atom stereocenters. The van der Waals surface area contributed by atoms with Crippen molar-refractivity contribution in [3.8, 4) is 0 Å². The van der Waals surface area contributed by atoms with Crippen molar-refractivity contribution in [2.45, 2.75) is 52.1 Å². The average Bonchev–Trinajstić information content (AvgIpc) is 3.06. The largest absolute Gasteiger partial charge is 0.410 e. The molecule has 1 aliphatic rings. The molecule has 0 unspecified atom stereocenters. The molecule has 2 aromatic carbocycles. The van der Waals surface area contributed by atoms with Crippen molar-refractivity contribution in [2.75, 3.05) is 5.75 Å². The highest BCUT2D eigenvalue weighted by molar-refractivity contribution is 8.23. The van der Waals surface area contributed by atoms with Gasteiger partial charge >= 0.3 is 0 Å². The molecule has 160 valence electrons. The summed E-state index contributed by atoms with van der Waals surface area (Å²) in [5, 5.41) is 0. The monoisotopic (exact) mass is 457 g/mol. The Bertz CT molecular complexity index is 880. The van der Waals surface area contributed by atoms with E-state index in [1.165, 1.54) is 11.1 Å². The van der Waals surface area contributed by atoms with E-state index in [0.29, 0.717) is 4.32 Å². The molecule has 0 aliphatic carbocycles. The molecule has 0 radical (unpaired) electrons. The van der Waals surface area contributed by atoms with Crippen molar-refractivity contribution in [1.29, 1.82) is 0 Å². The predicted octanol–water partition coefficient (Wildman–Crippen LogP) is 6.00. The summed E-state index contributed by atoms with van der Waals surface area (Å²) in [7, 11) is -1.87. The fourth-order valence-electron chi connectivity index (χ4n) is 3.71. The zero-order valence-electron chi connectivity index (χ0n) is 18.4. The SMILES string of the molecule is Cc1ccc([C@H](O[Si](C)(C)C)[C@H](C)C(=O)N2C(=S)SC[C@@H]2Cc2ccccc2)cc1. The third-order valence-electron chi connectivity index (χ3n) is 5.24. The number of benzene rings is 2. The number of thioether (sulfide) groups is 1. The van der Waals surface area contributed by atoms with E-state index in [4.69, 9.17) is 16.6 Å². The summed E-state index contributed by atoms with van der Waals surface area (Å²) in [6, 6.07) is 18.8.